The Kier molecular flexibility index (Phi) is 2.72. The number of amides is 1. The number of hydrogen-bond donors (Lipinski definition) is 1. The number of aryl methyl sites for hydroxylation is 1. The molecule has 2 saturated carbocycles. The van der Waals surface area contributed by atoms with Crippen LogP contribution in [0.5, 0.6) is 0 Å². The molecular formula is C16H21N3O. The summed E-state index contributed by atoms with van der Waals surface area (Å²) < 4.78 is 2.03. The van der Waals surface area contributed by atoms with E-state index in [9.17, 15) is 4.79 Å². The number of carbonyl (C=O) groups is 1. The zero-order valence-corrected chi connectivity index (χ0v) is 11.9. The Morgan fingerprint density at radius 2 is 2.35 bits per heavy atom. The molecule has 20 heavy (non-hydrogen) atoms. The Bertz CT molecular complexity index is 570. The highest BCUT2D eigenvalue weighted by molar-refractivity contribution is 5.80. The lowest BCUT2D eigenvalue weighted by Gasteiger charge is -2.19. The van der Waals surface area contributed by atoms with Gasteiger partial charge in [0.15, 0.2) is 0 Å². The minimum atomic E-state index is 0.278. The van der Waals surface area contributed by atoms with Crippen molar-refractivity contribution in [3.05, 3.63) is 23.5 Å². The third-order valence-electron chi connectivity index (χ3n) is 4.88. The molecule has 0 spiro atoms. The molecule has 106 valence electrons. The molecule has 3 aliphatic rings. The lowest BCUT2D eigenvalue weighted by Crippen LogP contribution is -2.27. The van der Waals surface area contributed by atoms with E-state index < -0.39 is 0 Å². The molecule has 2 aliphatic carbocycles. The van der Waals surface area contributed by atoms with E-state index in [0.29, 0.717) is 23.7 Å². The fourth-order valence-electron chi connectivity index (χ4n) is 3.48. The van der Waals surface area contributed by atoms with Crippen LogP contribution in [0.15, 0.2) is 12.1 Å². The van der Waals surface area contributed by atoms with Gasteiger partial charge in [-0.1, -0.05) is 6.08 Å². The molecule has 4 rings (SSSR count). The number of carbonyl (C=O) groups excluding carboxylic acids is 1. The molecule has 1 aliphatic heterocycles. The van der Waals surface area contributed by atoms with Gasteiger partial charge in [0, 0.05) is 30.3 Å². The van der Waals surface area contributed by atoms with Crippen LogP contribution in [0.1, 0.15) is 43.0 Å². The predicted molar refractivity (Wildman–Crippen MR) is 77.0 cm³/mol. The average molecular weight is 271 g/mol. The van der Waals surface area contributed by atoms with Gasteiger partial charge in [0.25, 0.3) is 0 Å². The summed E-state index contributed by atoms with van der Waals surface area (Å²) in [5.74, 6) is 2.57. The van der Waals surface area contributed by atoms with E-state index in [0.717, 1.165) is 31.5 Å². The zero-order valence-electron chi connectivity index (χ0n) is 11.9. The fraction of sp³-hybridized carbons (Fsp3) is 0.625. The molecule has 1 aromatic rings. The van der Waals surface area contributed by atoms with Crippen molar-refractivity contribution in [2.45, 2.75) is 38.5 Å². The number of rotatable bonds is 4. The van der Waals surface area contributed by atoms with Gasteiger partial charge in [0.05, 0.1) is 5.69 Å². The Labute approximate surface area is 119 Å². The molecule has 1 aromatic heterocycles. The maximum atomic E-state index is 11.7. The van der Waals surface area contributed by atoms with Crippen molar-refractivity contribution in [3.63, 3.8) is 0 Å². The summed E-state index contributed by atoms with van der Waals surface area (Å²) in [5, 5.41) is 7.63. The largest absolute Gasteiger partial charge is 0.356 e. The molecule has 1 amide bonds. The van der Waals surface area contributed by atoms with Gasteiger partial charge in [-0.25, -0.2) is 4.68 Å². The highest BCUT2D eigenvalue weighted by Crippen LogP contribution is 2.51. The van der Waals surface area contributed by atoms with Crippen molar-refractivity contribution in [1.29, 1.82) is 0 Å². The second kappa shape index (κ2) is 4.47. The van der Waals surface area contributed by atoms with Gasteiger partial charge in [-0.05, 0) is 50.5 Å². The van der Waals surface area contributed by atoms with Crippen molar-refractivity contribution < 1.29 is 4.79 Å². The molecule has 0 aromatic carbocycles. The van der Waals surface area contributed by atoms with Crippen LogP contribution in [0.2, 0.25) is 0 Å². The number of nitrogens with zero attached hydrogens (tertiary/aromatic N) is 2. The number of nitrogens with one attached hydrogen (secondary N) is 1. The minimum Gasteiger partial charge on any atom is -0.356 e. The summed E-state index contributed by atoms with van der Waals surface area (Å²) in [6.45, 7) is 2.92. The molecule has 3 atom stereocenters. The minimum absolute atomic E-state index is 0.278. The molecule has 2 fully saturated rings. The summed E-state index contributed by atoms with van der Waals surface area (Å²) in [4.78, 5) is 11.7. The molecule has 4 nitrogen and oxygen atoms in total. The maximum absolute atomic E-state index is 11.7. The van der Waals surface area contributed by atoms with Gasteiger partial charge in [0.1, 0.15) is 0 Å². The normalized spacial score (nSPS) is 30.9. The van der Waals surface area contributed by atoms with E-state index in [1.165, 1.54) is 12.1 Å². The predicted octanol–water partition coefficient (Wildman–Crippen LogP) is 2.31. The van der Waals surface area contributed by atoms with E-state index in [2.05, 4.69) is 35.7 Å². The summed E-state index contributed by atoms with van der Waals surface area (Å²) in [6.07, 6.45) is 8.83. The molecular weight excluding hydrogens is 250 g/mol. The molecule has 0 saturated heterocycles. The van der Waals surface area contributed by atoms with E-state index in [1.807, 2.05) is 4.68 Å². The molecule has 0 radical (unpaired) electrons. The summed E-state index contributed by atoms with van der Waals surface area (Å²) in [7, 11) is 0. The van der Waals surface area contributed by atoms with Gasteiger partial charge in [-0.3, -0.25) is 4.79 Å². The second-order valence-corrected chi connectivity index (χ2v) is 6.56. The molecule has 1 unspecified atom stereocenters. The van der Waals surface area contributed by atoms with Crippen LogP contribution in [0.3, 0.4) is 0 Å². The van der Waals surface area contributed by atoms with E-state index >= 15 is 0 Å². The highest BCUT2D eigenvalue weighted by atomic mass is 16.2. The lowest BCUT2D eigenvalue weighted by atomic mass is 9.92. The van der Waals surface area contributed by atoms with Gasteiger partial charge in [-0.2, -0.15) is 5.10 Å². The lowest BCUT2D eigenvalue weighted by molar-refractivity contribution is -0.122. The summed E-state index contributed by atoms with van der Waals surface area (Å²) in [6, 6.07) is 2.21. The van der Waals surface area contributed by atoms with Crippen LogP contribution in [0.4, 0.5) is 0 Å². The maximum Gasteiger partial charge on any atom is 0.223 e. The molecule has 0 bridgehead atoms. The standard InChI is InChI=1S/C16H21N3O/c1-10-7-15-13(3-2-6-19(15)18-10)14-8-12(14)9-17-16(20)11-4-5-11/h2,6-7,11-14H,3-5,8-9H2,1H3,(H,17,20)/t12-,13?,14+/m0/s1. The Balaban J connectivity index is 1.38. The van der Waals surface area contributed by atoms with E-state index in [1.54, 1.807) is 0 Å². The smallest absolute Gasteiger partial charge is 0.223 e. The number of aromatic nitrogens is 2. The van der Waals surface area contributed by atoms with Crippen LogP contribution in [0, 0.1) is 24.7 Å². The third kappa shape index (κ3) is 2.17. The topological polar surface area (TPSA) is 46.9 Å². The first-order valence-electron chi connectivity index (χ1n) is 7.73. The van der Waals surface area contributed by atoms with Crippen LogP contribution in [-0.2, 0) is 4.79 Å². The SMILES string of the molecule is Cc1cc2n(n1)C=CCC2[C@@H]1C[C@H]1CNC(=O)C1CC1. The Hall–Kier alpha value is -1.58. The zero-order chi connectivity index (χ0) is 13.7. The summed E-state index contributed by atoms with van der Waals surface area (Å²) in [5.41, 5.74) is 2.45. The van der Waals surface area contributed by atoms with Crippen molar-refractivity contribution in [3.8, 4) is 0 Å². The highest BCUT2D eigenvalue weighted by Gasteiger charge is 2.45. The molecule has 4 heteroatoms. The Morgan fingerprint density at radius 3 is 3.15 bits per heavy atom. The number of fused-ring (bicyclic) bond motifs is 1. The molecule has 1 N–H and O–H groups in total. The van der Waals surface area contributed by atoms with Gasteiger partial charge >= 0.3 is 0 Å². The van der Waals surface area contributed by atoms with Gasteiger partial charge < -0.3 is 5.32 Å². The van der Waals surface area contributed by atoms with E-state index in [-0.39, 0.29) is 5.91 Å². The third-order valence-corrected chi connectivity index (χ3v) is 4.88. The first-order chi connectivity index (χ1) is 9.72. The first kappa shape index (κ1) is 12.2. The number of hydrogen-bond acceptors (Lipinski definition) is 2. The van der Waals surface area contributed by atoms with Crippen molar-refractivity contribution >= 4 is 12.1 Å². The monoisotopic (exact) mass is 271 g/mol. The Morgan fingerprint density at radius 1 is 1.50 bits per heavy atom. The number of allylic oxidation sites excluding steroid dienone is 1. The van der Waals surface area contributed by atoms with Crippen LogP contribution >= 0.6 is 0 Å². The van der Waals surface area contributed by atoms with Gasteiger partial charge in [-0.15, -0.1) is 0 Å². The van der Waals surface area contributed by atoms with Crippen LogP contribution in [0.25, 0.3) is 6.20 Å². The van der Waals surface area contributed by atoms with Gasteiger partial charge in [0.2, 0.25) is 5.91 Å². The van der Waals surface area contributed by atoms with Crippen molar-refractivity contribution in [2.24, 2.45) is 17.8 Å². The first-order valence-corrected chi connectivity index (χ1v) is 7.73. The van der Waals surface area contributed by atoms with Crippen LogP contribution < -0.4 is 5.32 Å². The van der Waals surface area contributed by atoms with Crippen LogP contribution in [-0.4, -0.2) is 22.2 Å². The fourth-order valence-corrected chi connectivity index (χ4v) is 3.48. The quantitative estimate of drug-likeness (QED) is 0.913. The van der Waals surface area contributed by atoms with Crippen molar-refractivity contribution in [1.82, 2.24) is 15.1 Å². The van der Waals surface area contributed by atoms with Crippen molar-refractivity contribution in [2.75, 3.05) is 6.54 Å². The second-order valence-electron chi connectivity index (χ2n) is 6.56. The average Bonchev–Trinajstić information content (AvgIpc) is 3.32. The van der Waals surface area contributed by atoms with E-state index in [4.69, 9.17) is 0 Å². The molecule has 2 heterocycles. The summed E-state index contributed by atoms with van der Waals surface area (Å²) >= 11 is 0.